The van der Waals surface area contributed by atoms with E-state index < -0.39 is 5.92 Å². The maximum atomic E-state index is 12.9. The van der Waals surface area contributed by atoms with Crippen molar-refractivity contribution in [2.75, 3.05) is 13.7 Å². The Labute approximate surface area is 170 Å². The normalized spacial score (nSPS) is 19.1. The summed E-state index contributed by atoms with van der Waals surface area (Å²) in [5.41, 5.74) is 3.85. The van der Waals surface area contributed by atoms with Crippen molar-refractivity contribution in [1.29, 1.82) is 0 Å². The van der Waals surface area contributed by atoms with Crippen molar-refractivity contribution in [2.24, 2.45) is 0 Å². The Morgan fingerprint density at radius 3 is 2.66 bits per heavy atom. The number of fused-ring (bicyclic) bond motifs is 1. The van der Waals surface area contributed by atoms with Crippen molar-refractivity contribution in [3.05, 3.63) is 64.5 Å². The smallest absolute Gasteiger partial charge is 0.336 e. The van der Waals surface area contributed by atoms with E-state index in [4.69, 9.17) is 9.47 Å². The van der Waals surface area contributed by atoms with Gasteiger partial charge in [-0.2, -0.15) is 0 Å². The van der Waals surface area contributed by atoms with Crippen LogP contribution in [0.5, 0.6) is 5.75 Å². The number of allylic oxidation sites excluding steroid dienone is 3. The molecule has 5 heteroatoms. The summed E-state index contributed by atoms with van der Waals surface area (Å²) in [6.45, 7) is 3.96. The predicted molar refractivity (Wildman–Crippen MR) is 112 cm³/mol. The van der Waals surface area contributed by atoms with Crippen molar-refractivity contribution < 1.29 is 19.1 Å². The number of hydrogen-bond acceptors (Lipinski definition) is 5. The number of esters is 1. The minimum Gasteiger partial charge on any atom is -0.497 e. The lowest BCUT2D eigenvalue weighted by molar-refractivity contribution is -0.138. The van der Waals surface area contributed by atoms with Crippen molar-refractivity contribution in [1.82, 2.24) is 5.32 Å². The van der Waals surface area contributed by atoms with Crippen molar-refractivity contribution in [3.8, 4) is 5.75 Å². The molecule has 2 aliphatic rings. The van der Waals surface area contributed by atoms with Gasteiger partial charge in [-0.25, -0.2) is 4.79 Å². The van der Waals surface area contributed by atoms with Gasteiger partial charge in [-0.1, -0.05) is 24.3 Å². The van der Waals surface area contributed by atoms with Crippen LogP contribution in [-0.2, 0) is 14.3 Å². The quantitative estimate of drug-likeness (QED) is 0.784. The summed E-state index contributed by atoms with van der Waals surface area (Å²) in [5.74, 6) is 0.113. The second-order valence-electron chi connectivity index (χ2n) is 7.46. The Bertz CT molecular complexity index is 1060. The molecule has 1 aliphatic carbocycles. The zero-order valence-electron chi connectivity index (χ0n) is 17.0. The highest BCUT2D eigenvalue weighted by atomic mass is 16.5. The van der Waals surface area contributed by atoms with Crippen molar-refractivity contribution in [3.63, 3.8) is 0 Å². The first-order valence-corrected chi connectivity index (χ1v) is 10.0. The zero-order valence-corrected chi connectivity index (χ0v) is 17.0. The van der Waals surface area contributed by atoms with Gasteiger partial charge in [0.15, 0.2) is 5.78 Å². The molecule has 1 heterocycles. The molecule has 4 rings (SSSR count). The van der Waals surface area contributed by atoms with Crippen molar-refractivity contribution >= 4 is 22.5 Å². The van der Waals surface area contributed by atoms with Gasteiger partial charge >= 0.3 is 5.97 Å². The standard InChI is InChI=1S/C24H25NO4/c1-4-29-24(27)21-14(2)25-19-6-5-7-20(26)23(19)22(21)17-9-8-16-13-18(28-3)11-10-15(16)12-17/h8-13,22,25H,4-7H2,1-3H3. The number of benzene rings is 2. The van der Waals surface area contributed by atoms with E-state index in [1.807, 2.05) is 37.3 Å². The first kappa shape index (κ1) is 19.2. The fourth-order valence-electron chi connectivity index (χ4n) is 4.34. The maximum absolute atomic E-state index is 12.9. The van der Waals surface area contributed by atoms with Gasteiger partial charge in [-0.15, -0.1) is 0 Å². The molecule has 1 atom stereocenters. The van der Waals surface area contributed by atoms with Crippen LogP contribution in [-0.4, -0.2) is 25.5 Å². The van der Waals surface area contributed by atoms with Gasteiger partial charge in [-0.3, -0.25) is 4.79 Å². The fraction of sp³-hybridized carbons (Fsp3) is 0.333. The summed E-state index contributed by atoms with van der Waals surface area (Å²) in [7, 11) is 1.65. The third-order valence-electron chi connectivity index (χ3n) is 5.68. The molecular weight excluding hydrogens is 366 g/mol. The number of Topliss-reactive ketones (excluding diaryl/α,β-unsaturated/α-hetero) is 1. The van der Waals surface area contributed by atoms with Gasteiger partial charge in [0.05, 0.1) is 19.3 Å². The third-order valence-corrected chi connectivity index (χ3v) is 5.68. The van der Waals surface area contributed by atoms with E-state index in [2.05, 4.69) is 11.4 Å². The number of nitrogens with one attached hydrogen (secondary N) is 1. The first-order chi connectivity index (χ1) is 14.0. The number of rotatable bonds is 4. The molecule has 0 saturated heterocycles. The lowest BCUT2D eigenvalue weighted by Crippen LogP contribution is -2.34. The van der Waals surface area contributed by atoms with E-state index in [-0.39, 0.29) is 11.8 Å². The van der Waals surface area contributed by atoms with E-state index in [0.29, 0.717) is 24.2 Å². The number of ether oxygens (including phenoxy) is 2. The van der Waals surface area contributed by atoms with Crippen molar-refractivity contribution in [2.45, 2.75) is 39.0 Å². The van der Waals surface area contributed by atoms with Gasteiger partial charge in [-0.05, 0) is 55.2 Å². The van der Waals surface area contributed by atoms with Crippen LogP contribution in [0.4, 0.5) is 0 Å². The molecular formula is C24H25NO4. The molecule has 1 unspecified atom stereocenters. The molecule has 0 saturated carbocycles. The summed E-state index contributed by atoms with van der Waals surface area (Å²) in [5, 5.41) is 5.39. The second kappa shape index (κ2) is 7.74. The molecule has 5 nitrogen and oxygen atoms in total. The summed E-state index contributed by atoms with van der Waals surface area (Å²) in [6, 6.07) is 12.0. The number of hydrogen-bond donors (Lipinski definition) is 1. The lowest BCUT2D eigenvalue weighted by Gasteiger charge is -2.34. The van der Waals surface area contributed by atoms with E-state index in [1.165, 1.54) is 0 Å². The third kappa shape index (κ3) is 3.41. The Balaban J connectivity index is 1.88. The molecule has 0 radical (unpaired) electrons. The topological polar surface area (TPSA) is 64.6 Å². The molecule has 0 bridgehead atoms. The maximum Gasteiger partial charge on any atom is 0.336 e. The molecule has 0 fully saturated rings. The van der Waals surface area contributed by atoms with Crippen LogP contribution in [0.25, 0.3) is 10.8 Å². The average Bonchev–Trinajstić information content (AvgIpc) is 2.72. The van der Waals surface area contributed by atoms with Crippen LogP contribution in [0, 0.1) is 0 Å². The Kier molecular flexibility index (Phi) is 5.14. The van der Waals surface area contributed by atoms with Crippen LogP contribution >= 0.6 is 0 Å². The van der Waals surface area contributed by atoms with E-state index in [9.17, 15) is 9.59 Å². The Morgan fingerprint density at radius 1 is 1.14 bits per heavy atom. The van der Waals surface area contributed by atoms with Gasteiger partial charge in [0.25, 0.3) is 0 Å². The largest absolute Gasteiger partial charge is 0.497 e. The summed E-state index contributed by atoms with van der Waals surface area (Å²) < 4.78 is 10.7. The van der Waals surface area contributed by atoms with Gasteiger partial charge in [0.2, 0.25) is 0 Å². The fourth-order valence-corrected chi connectivity index (χ4v) is 4.34. The SMILES string of the molecule is CCOC(=O)C1=C(C)NC2=C(C(=O)CCC2)C1c1ccc2cc(OC)ccc2c1. The highest BCUT2D eigenvalue weighted by molar-refractivity contribution is 6.04. The van der Waals surface area contributed by atoms with E-state index in [0.717, 1.165) is 46.3 Å². The molecule has 29 heavy (non-hydrogen) atoms. The first-order valence-electron chi connectivity index (χ1n) is 10.0. The van der Waals surface area contributed by atoms with Crippen LogP contribution in [0.15, 0.2) is 58.9 Å². The monoisotopic (exact) mass is 391 g/mol. The summed E-state index contributed by atoms with van der Waals surface area (Å²) in [4.78, 5) is 25.8. The molecule has 0 amide bonds. The molecule has 0 aromatic heterocycles. The molecule has 2 aromatic carbocycles. The molecule has 1 aliphatic heterocycles. The zero-order chi connectivity index (χ0) is 20.5. The van der Waals surface area contributed by atoms with Gasteiger partial charge in [0, 0.05) is 29.3 Å². The molecule has 150 valence electrons. The minimum absolute atomic E-state index is 0.105. The van der Waals surface area contributed by atoms with Crippen LogP contribution in [0.3, 0.4) is 0 Å². The van der Waals surface area contributed by atoms with Gasteiger partial charge < -0.3 is 14.8 Å². The van der Waals surface area contributed by atoms with E-state index in [1.54, 1.807) is 14.0 Å². The van der Waals surface area contributed by atoms with E-state index >= 15 is 0 Å². The lowest BCUT2D eigenvalue weighted by atomic mass is 9.75. The Morgan fingerprint density at radius 2 is 1.90 bits per heavy atom. The molecule has 2 aromatic rings. The Hall–Kier alpha value is -3.08. The van der Waals surface area contributed by atoms with Crippen LogP contribution in [0.1, 0.15) is 44.6 Å². The second-order valence-corrected chi connectivity index (χ2v) is 7.46. The van der Waals surface area contributed by atoms with Crippen LogP contribution in [0.2, 0.25) is 0 Å². The predicted octanol–water partition coefficient (Wildman–Crippen LogP) is 4.38. The average molecular weight is 391 g/mol. The molecule has 1 N–H and O–H groups in total. The minimum atomic E-state index is -0.412. The molecule has 0 spiro atoms. The number of dihydropyridines is 1. The summed E-state index contributed by atoms with van der Waals surface area (Å²) >= 11 is 0. The number of ketones is 1. The number of methoxy groups -OCH3 is 1. The number of carbonyl (C=O) groups excluding carboxylic acids is 2. The highest BCUT2D eigenvalue weighted by Crippen LogP contribution is 2.43. The van der Waals surface area contributed by atoms with Gasteiger partial charge in [0.1, 0.15) is 5.75 Å². The highest BCUT2D eigenvalue weighted by Gasteiger charge is 2.39. The summed E-state index contributed by atoms with van der Waals surface area (Å²) in [6.07, 6.45) is 2.16. The van der Waals surface area contributed by atoms with Crippen LogP contribution < -0.4 is 10.1 Å². The number of carbonyl (C=O) groups is 2.